The van der Waals surface area contributed by atoms with E-state index >= 15 is 0 Å². The minimum absolute atomic E-state index is 0.0136. The zero-order chi connectivity index (χ0) is 20.3. The normalized spacial score (nSPS) is 10.4. The van der Waals surface area contributed by atoms with Gasteiger partial charge in [-0.1, -0.05) is 6.07 Å². The summed E-state index contributed by atoms with van der Waals surface area (Å²) in [5, 5.41) is 11.9. The molecule has 8 heteroatoms. The Morgan fingerprint density at radius 3 is 2.64 bits per heavy atom. The van der Waals surface area contributed by atoms with E-state index in [9.17, 15) is 19.2 Å². The van der Waals surface area contributed by atoms with Crippen LogP contribution < -0.4 is 5.32 Å². The highest BCUT2D eigenvalue weighted by Crippen LogP contribution is 2.26. The molecule has 3 aromatic rings. The Kier molecular flexibility index (Phi) is 5.27. The van der Waals surface area contributed by atoms with Crippen LogP contribution in [0.2, 0.25) is 0 Å². The Morgan fingerprint density at radius 2 is 2.00 bits per heavy atom. The standard InChI is InChI=1S/C20H16FN3O4/c1-12-5-6-14(9-16(12)21)23-17(25)11-27-20(26)18-13(2)28-19(15(18)10-22)24-7-3-4-8-24/h3-9H,11H2,1-2H3,(H,23,25). The van der Waals surface area contributed by atoms with Crippen molar-refractivity contribution in [3.8, 4) is 12.0 Å². The molecule has 0 unspecified atom stereocenters. The van der Waals surface area contributed by atoms with E-state index in [0.717, 1.165) is 0 Å². The van der Waals surface area contributed by atoms with Gasteiger partial charge in [-0.05, 0) is 43.7 Å². The maximum Gasteiger partial charge on any atom is 0.343 e. The lowest BCUT2D eigenvalue weighted by Gasteiger charge is -2.07. The summed E-state index contributed by atoms with van der Waals surface area (Å²) in [5.41, 5.74) is 0.665. The molecular formula is C20H16FN3O4. The molecule has 1 amide bonds. The first kappa shape index (κ1) is 18.9. The summed E-state index contributed by atoms with van der Waals surface area (Å²) in [6.07, 6.45) is 3.34. The van der Waals surface area contributed by atoms with Crippen LogP contribution in [0.25, 0.3) is 5.88 Å². The van der Waals surface area contributed by atoms with Crippen LogP contribution in [0, 0.1) is 31.0 Å². The predicted octanol–water partition coefficient (Wildman–Crippen LogP) is 3.49. The van der Waals surface area contributed by atoms with Gasteiger partial charge in [0.15, 0.2) is 6.61 Å². The Morgan fingerprint density at radius 1 is 1.29 bits per heavy atom. The lowest BCUT2D eigenvalue weighted by Crippen LogP contribution is -2.21. The van der Waals surface area contributed by atoms with Gasteiger partial charge in [0, 0.05) is 18.1 Å². The molecule has 0 aliphatic rings. The van der Waals surface area contributed by atoms with E-state index < -0.39 is 24.3 Å². The van der Waals surface area contributed by atoms with Gasteiger partial charge in [-0.15, -0.1) is 0 Å². The molecule has 0 spiro atoms. The summed E-state index contributed by atoms with van der Waals surface area (Å²) in [7, 11) is 0. The van der Waals surface area contributed by atoms with Crippen LogP contribution in [-0.4, -0.2) is 23.1 Å². The van der Waals surface area contributed by atoms with Crippen LogP contribution in [0.4, 0.5) is 10.1 Å². The largest absolute Gasteiger partial charge is 0.452 e. The number of ether oxygens (including phenoxy) is 1. The van der Waals surface area contributed by atoms with Crippen molar-refractivity contribution in [3.63, 3.8) is 0 Å². The van der Waals surface area contributed by atoms with Gasteiger partial charge < -0.3 is 14.5 Å². The van der Waals surface area contributed by atoms with Crippen molar-refractivity contribution < 1.29 is 23.1 Å². The first-order valence-electron chi connectivity index (χ1n) is 8.30. The van der Waals surface area contributed by atoms with Gasteiger partial charge in [-0.25, -0.2) is 9.18 Å². The number of benzene rings is 1. The third-order valence-corrected chi connectivity index (χ3v) is 4.01. The number of aryl methyl sites for hydroxylation is 2. The molecule has 2 heterocycles. The van der Waals surface area contributed by atoms with Crippen LogP contribution >= 0.6 is 0 Å². The fourth-order valence-electron chi connectivity index (χ4n) is 2.60. The average molecular weight is 381 g/mol. The number of carbonyl (C=O) groups excluding carboxylic acids is 2. The quantitative estimate of drug-likeness (QED) is 0.682. The van der Waals surface area contributed by atoms with Crippen molar-refractivity contribution in [1.82, 2.24) is 4.57 Å². The third-order valence-electron chi connectivity index (χ3n) is 4.01. The predicted molar refractivity (Wildman–Crippen MR) is 97.5 cm³/mol. The van der Waals surface area contributed by atoms with Crippen molar-refractivity contribution in [1.29, 1.82) is 5.26 Å². The van der Waals surface area contributed by atoms with Crippen LogP contribution in [0.5, 0.6) is 0 Å². The zero-order valence-corrected chi connectivity index (χ0v) is 15.2. The summed E-state index contributed by atoms with van der Waals surface area (Å²) in [4.78, 5) is 24.4. The third kappa shape index (κ3) is 3.78. The maximum absolute atomic E-state index is 13.5. The van der Waals surface area contributed by atoms with Crippen molar-refractivity contribution in [3.05, 3.63) is 71.0 Å². The number of furan rings is 1. The number of halogens is 1. The van der Waals surface area contributed by atoms with Crippen molar-refractivity contribution >= 4 is 17.6 Å². The molecular weight excluding hydrogens is 365 g/mol. The van der Waals surface area contributed by atoms with E-state index in [1.54, 1.807) is 36.0 Å². The minimum Gasteiger partial charge on any atom is -0.452 e. The number of esters is 1. The van der Waals surface area contributed by atoms with Gasteiger partial charge in [0.05, 0.1) is 0 Å². The second-order valence-electron chi connectivity index (χ2n) is 6.00. The number of amides is 1. The summed E-state index contributed by atoms with van der Waals surface area (Å²) >= 11 is 0. The van der Waals surface area contributed by atoms with Gasteiger partial charge in [0.1, 0.15) is 28.8 Å². The lowest BCUT2D eigenvalue weighted by molar-refractivity contribution is -0.119. The highest BCUT2D eigenvalue weighted by molar-refractivity contribution is 5.97. The highest BCUT2D eigenvalue weighted by Gasteiger charge is 2.26. The molecule has 0 radical (unpaired) electrons. The first-order valence-corrected chi connectivity index (χ1v) is 8.30. The zero-order valence-electron chi connectivity index (χ0n) is 15.2. The molecule has 0 bridgehead atoms. The number of nitrogens with one attached hydrogen (secondary N) is 1. The van der Waals surface area contributed by atoms with E-state index in [1.807, 2.05) is 6.07 Å². The molecule has 0 aliphatic carbocycles. The number of rotatable bonds is 5. The van der Waals surface area contributed by atoms with Crippen molar-refractivity contribution in [2.75, 3.05) is 11.9 Å². The molecule has 0 saturated carbocycles. The van der Waals surface area contributed by atoms with Crippen molar-refractivity contribution in [2.24, 2.45) is 0 Å². The number of hydrogen-bond donors (Lipinski definition) is 1. The van der Waals surface area contributed by atoms with Crippen LogP contribution in [-0.2, 0) is 9.53 Å². The van der Waals surface area contributed by atoms with Crippen LogP contribution in [0.1, 0.15) is 27.2 Å². The molecule has 3 rings (SSSR count). The smallest absolute Gasteiger partial charge is 0.343 e. The number of aromatic nitrogens is 1. The Hall–Kier alpha value is -3.86. The first-order chi connectivity index (χ1) is 13.4. The van der Waals surface area contributed by atoms with Gasteiger partial charge in [-0.2, -0.15) is 5.26 Å². The molecule has 28 heavy (non-hydrogen) atoms. The highest BCUT2D eigenvalue weighted by atomic mass is 19.1. The number of carbonyl (C=O) groups is 2. The van der Waals surface area contributed by atoms with E-state index in [2.05, 4.69) is 5.32 Å². The van der Waals surface area contributed by atoms with Gasteiger partial charge >= 0.3 is 5.97 Å². The summed E-state index contributed by atoms with van der Waals surface area (Å²) in [6.45, 7) is 2.53. The Bertz CT molecular complexity index is 1080. The Balaban J connectivity index is 1.70. The molecule has 7 nitrogen and oxygen atoms in total. The van der Waals surface area contributed by atoms with Gasteiger partial charge in [0.25, 0.3) is 5.91 Å². The summed E-state index contributed by atoms with van der Waals surface area (Å²) in [6, 6.07) is 9.66. The number of hydrogen-bond acceptors (Lipinski definition) is 5. The second kappa shape index (κ2) is 7.80. The number of nitriles is 1. The molecule has 0 fully saturated rings. The van der Waals surface area contributed by atoms with E-state index in [4.69, 9.17) is 9.15 Å². The molecule has 1 N–H and O–H groups in total. The number of anilines is 1. The monoisotopic (exact) mass is 381 g/mol. The summed E-state index contributed by atoms with van der Waals surface area (Å²) in [5.74, 6) is -1.56. The molecule has 1 aromatic carbocycles. The lowest BCUT2D eigenvalue weighted by atomic mass is 10.1. The summed E-state index contributed by atoms with van der Waals surface area (Å²) < 4.78 is 25.6. The molecule has 142 valence electrons. The molecule has 0 atom stereocenters. The Labute approximate surface area is 159 Å². The van der Waals surface area contributed by atoms with Crippen LogP contribution in [0.15, 0.2) is 47.1 Å². The fraction of sp³-hybridized carbons (Fsp3) is 0.150. The SMILES string of the molecule is Cc1ccc(NC(=O)COC(=O)c2c(C)oc(-n3cccc3)c2C#N)cc1F. The topological polar surface area (TPSA) is 97.3 Å². The second-order valence-corrected chi connectivity index (χ2v) is 6.00. The fourth-order valence-corrected chi connectivity index (χ4v) is 2.60. The average Bonchev–Trinajstić information content (AvgIpc) is 3.30. The van der Waals surface area contributed by atoms with E-state index in [1.165, 1.54) is 25.1 Å². The van der Waals surface area contributed by atoms with Gasteiger partial charge in [-0.3, -0.25) is 9.36 Å². The van der Waals surface area contributed by atoms with Crippen molar-refractivity contribution in [2.45, 2.75) is 13.8 Å². The van der Waals surface area contributed by atoms with E-state index in [0.29, 0.717) is 5.56 Å². The van der Waals surface area contributed by atoms with Crippen LogP contribution in [0.3, 0.4) is 0 Å². The maximum atomic E-state index is 13.5. The molecule has 0 saturated heterocycles. The number of nitrogens with zero attached hydrogens (tertiary/aromatic N) is 2. The van der Waals surface area contributed by atoms with E-state index in [-0.39, 0.29) is 28.5 Å². The molecule has 2 aromatic heterocycles. The minimum atomic E-state index is -0.860. The van der Waals surface area contributed by atoms with Gasteiger partial charge in [0.2, 0.25) is 5.88 Å². The molecule has 0 aliphatic heterocycles.